The molecule has 0 saturated carbocycles. The van der Waals surface area contributed by atoms with E-state index in [-0.39, 0.29) is 11.6 Å². The zero-order valence-corrected chi connectivity index (χ0v) is 12.9. The van der Waals surface area contributed by atoms with Crippen LogP contribution in [0.3, 0.4) is 0 Å². The van der Waals surface area contributed by atoms with E-state index in [0.29, 0.717) is 29.4 Å². The van der Waals surface area contributed by atoms with E-state index in [1.54, 1.807) is 18.2 Å². The third kappa shape index (κ3) is 2.05. The Hall–Kier alpha value is -3.22. The zero-order valence-electron chi connectivity index (χ0n) is 12.9. The van der Waals surface area contributed by atoms with Crippen molar-refractivity contribution in [3.63, 3.8) is 0 Å². The second kappa shape index (κ2) is 5.16. The van der Waals surface area contributed by atoms with Gasteiger partial charge in [-0.15, -0.1) is 0 Å². The molecule has 0 saturated heterocycles. The minimum absolute atomic E-state index is 0.0648. The van der Waals surface area contributed by atoms with E-state index in [2.05, 4.69) is 15.5 Å². The van der Waals surface area contributed by atoms with Crippen molar-refractivity contribution in [3.8, 4) is 22.8 Å². The predicted molar refractivity (Wildman–Crippen MR) is 89.1 cm³/mol. The number of methoxy groups -OCH3 is 1. The van der Waals surface area contributed by atoms with E-state index < -0.39 is 0 Å². The summed E-state index contributed by atoms with van der Waals surface area (Å²) in [6.07, 6.45) is 0.516. The normalized spacial score (nSPS) is 11.9. The maximum absolute atomic E-state index is 13.3. The smallest absolute Gasteiger partial charge is 0.181 e. The average molecular weight is 326 g/mol. The molecular formula is C17H15FN4O2. The van der Waals surface area contributed by atoms with Crippen LogP contribution in [0.1, 0.15) is 11.1 Å². The SMILES string of the molecule is COc1cc2c(c(N)c1O)Cc1c-2n[nH]c1Nc1cccc(F)c1. The highest BCUT2D eigenvalue weighted by atomic mass is 19.1. The standard InChI is InChI=1S/C17H15FN4O2/c1-24-13-7-11-10(14(19)16(13)23)6-12-15(11)21-22-17(12)20-9-4-2-3-8(18)5-9/h2-5,7,23H,6,19H2,1H3,(H2,20,21,22). The van der Waals surface area contributed by atoms with Gasteiger partial charge < -0.3 is 20.9 Å². The van der Waals surface area contributed by atoms with E-state index in [0.717, 1.165) is 22.4 Å². The molecule has 4 rings (SSSR count). The Labute approximate surface area is 137 Å². The van der Waals surface area contributed by atoms with Gasteiger partial charge >= 0.3 is 0 Å². The van der Waals surface area contributed by atoms with E-state index >= 15 is 0 Å². The van der Waals surface area contributed by atoms with E-state index in [9.17, 15) is 9.50 Å². The number of phenols is 1. The van der Waals surface area contributed by atoms with Crippen LogP contribution in [0.4, 0.5) is 21.6 Å². The van der Waals surface area contributed by atoms with Crippen LogP contribution in [0.2, 0.25) is 0 Å². The van der Waals surface area contributed by atoms with Gasteiger partial charge in [-0.05, 0) is 29.8 Å². The molecule has 0 amide bonds. The van der Waals surface area contributed by atoms with E-state index in [4.69, 9.17) is 10.5 Å². The summed E-state index contributed by atoms with van der Waals surface area (Å²) in [7, 11) is 1.47. The van der Waals surface area contributed by atoms with Crippen molar-refractivity contribution in [1.29, 1.82) is 0 Å². The van der Waals surface area contributed by atoms with Crippen LogP contribution < -0.4 is 15.8 Å². The van der Waals surface area contributed by atoms with Crippen molar-refractivity contribution < 1.29 is 14.2 Å². The summed E-state index contributed by atoms with van der Waals surface area (Å²) < 4.78 is 18.5. The van der Waals surface area contributed by atoms with Crippen LogP contribution in [0, 0.1) is 5.82 Å². The average Bonchev–Trinajstić information content (AvgIpc) is 3.11. The number of phenolic OH excluding ortho intramolecular Hbond substituents is 1. The Kier molecular flexibility index (Phi) is 3.09. The number of aromatic hydroxyl groups is 1. The lowest BCUT2D eigenvalue weighted by Crippen LogP contribution is -1.98. The number of anilines is 3. The molecule has 0 spiro atoms. The van der Waals surface area contributed by atoms with Gasteiger partial charge in [-0.1, -0.05) is 6.07 Å². The van der Waals surface area contributed by atoms with Gasteiger partial charge in [0.2, 0.25) is 0 Å². The number of halogens is 1. The fourth-order valence-electron chi connectivity index (χ4n) is 3.02. The first-order valence-electron chi connectivity index (χ1n) is 7.37. The van der Waals surface area contributed by atoms with Gasteiger partial charge in [0.1, 0.15) is 11.6 Å². The first-order chi connectivity index (χ1) is 11.6. The number of fused-ring (bicyclic) bond motifs is 3. The summed E-state index contributed by atoms with van der Waals surface area (Å²) in [5.74, 6) is 0.592. The molecule has 0 unspecified atom stereocenters. The van der Waals surface area contributed by atoms with Crippen LogP contribution in [0.5, 0.6) is 11.5 Å². The number of nitrogens with zero attached hydrogens (tertiary/aromatic N) is 1. The largest absolute Gasteiger partial charge is 0.503 e. The van der Waals surface area contributed by atoms with Crippen LogP contribution in [0.15, 0.2) is 30.3 Å². The Morgan fingerprint density at radius 1 is 1.33 bits per heavy atom. The maximum atomic E-state index is 13.3. The molecule has 7 heteroatoms. The number of hydrogen-bond donors (Lipinski definition) is 4. The predicted octanol–water partition coefficient (Wildman–Crippen LogP) is 3.16. The maximum Gasteiger partial charge on any atom is 0.181 e. The highest BCUT2D eigenvalue weighted by molar-refractivity contribution is 5.87. The van der Waals surface area contributed by atoms with Crippen LogP contribution in [-0.4, -0.2) is 22.4 Å². The third-order valence-corrected chi connectivity index (χ3v) is 4.20. The number of nitrogen functional groups attached to an aromatic ring is 1. The lowest BCUT2D eigenvalue weighted by Gasteiger charge is -2.11. The number of H-pyrrole nitrogens is 1. The molecule has 0 aliphatic heterocycles. The van der Waals surface area contributed by atoms with Gasteiger partial charge in [0, 0.05) is 23.2 Å². The second-order valence-electron chi connectivity index (χ2n) is 5.61. The summed E-state index contributed by atoms with van der Waals surface area (Å²) in [5, 5.41) is 20.5. The molecule has 1 aromatic heterocycles. The van der Waals surface area contributed by atoms with Gasteiger partial charge in [0.05, 0.1) is 18.5 Å². The second-order valence-corrected chi connectivity index (χ2v) is 5.61. The Balaban J connectivity index is 1.76. The molecule has 5 N–H and O–H groups in total. The molecule has 122 valence electrons. The Morgan fingerprint density at radius 3 is 2.92 bits per heavy atom. The Bertz CT molecular complexity index is 952. The van der Waals surface area contributed by atoms with Gasteiger partial charge in [-0.2, -0.15) is 5.10 Å². The molecule has 1 aliphatic carbocycles. The molecule has 1 heterocycles. The Morgan fingerprint density at radius 2 is 2.17 bits per heavy atom. The van der Waals surface area contributed by atoms with Gasteiger partial charge in [0.25, 0.3) is 0 Å². The highest BCUT2D eigenvalue weighted by Crippen LogP contribution is 2.48. The molecule has 0 radical (unpaired) electrons. The molecule has 2 aromatic carbocycles. The summed E-state index contributed by atoms with van der Waals surface area (Å²) in [6.45, 7) is 0. The van der Waals surface area contributed by atoms with E-state index in [1.807, 2.05) is 0 Å². The summed E-state index contributed by atoms with van der Waals surface area (Å²) in [4.78, 5) is 0. The van der Waals surface area contributed by atoms with Crippen molar-refractivity contribution in [2.75, 3.05) is 18.2 Å². The molecule has 0 atom stereocenters. The van der Waals surface area contributed by atoms with Crippen LogP contribution in [0.25, 0.3) is 11.3 Å². The van der Waals surface area contributed by atoms with E-state index in [1.165, 1.54) is 19.2 Å². The third-order valence-electron chi connectivity index (χ3n) is 4.20. The first-order valence-corrected chi connectivity index (χ1v) is 7.37. The van der Waals surface area contributed by atoms with Crippen molar-refractivity contribution in [2.45, 2.75) is 6.42 Å². The number of hydrogen-bond acceptors (Lipinski definition) is 5. The molecule has 0 bridgehead atoms. The number of nitrogens with two attached hydrogens (primary N) is 1. The number of ether oxygens (including phenoxy) is 1. The van der Waals surface area contributed by atoms with Gasteiger partial charge in [-0.25, -0.2) is 4.39 Å². The topological polar surface area (TPSA) is 96.2 Å². The zero-order chi connectivity index (χ0) is 16.8. The quantitative estimate of drug-likeness (QED) is 0.342. The number of aromatic nitrogens is 2. The van der Waals surface area contributed by atoms with Gasteiger partial charge in [0.15, 0.2) is 11.5 Å². The number of nitrogens with one attached hydrogen (secondary N) is 2. The number of benzene rings is 2. The van der Waals surface area contributed by atoms with Crippen molar-refractivity contribution in [1.82, 2.24) is 10.2 Å². The molecule has 0 fully saturated rings. The summed E-state index contributed by atoms with van der Waals surface area (Å²) in [5.41, 5.74) is 10.2. The lowest BCUT2D eigenvalue weighted by atomic mass is 10.1. The van der Waals surface area contributed by atoms with Crippen molar-refractivity contribution in [2.24, 2.45) is 0 Å². The molecule has 24 heavy (non-hydrogen) atoms. The molecule has 3 aromatic rings. The fraction of sp³-hybridized carbons (Fsp3) is 0.118. The van der Waals surface area contributed by atoms with Crippen molar-refractivity contribution in [3.05, 3.63) is 47.3 Å². The van der Waals surface area contributed by atoms with Crippen LogP contribution in [-0.2, 0) is 6.42 Å². The molecule has 6 nitrogen and oxygen atoms in total. The lowest BCUT2D eigenvalue weighted by molar-refractivity contribution is 0.375. The minimum atomic E-state index is -0.321. The molecule has 1 aliphatic rings. The number of rotatable bonds is 3. The summed E-state index contributed by atoms with van der Waals surface area (Å²) >= 11 is 0. The fourth-order valence-corrected chi connectivity index (χ4v) is 3.02. The first kappa shape index (κ1) is 14.4. The molecular weight excluding hydrogens is 311 g/mol. The van der Waals surface area contributed by atoms with Gasteiger partial charge in [-0.3, -0.25) is 5.10 Å². The number of aromatic amines is 1. The van der Waals surface area contributed by atoms with Crippen molar-refractivity contribution >= 4 is 17.2 Å². The monoisotopic (exact) mass is 326 g/mol. The minimum Gasteiger partial charge on any atom is -0.503 e. The highest BCUT2D eigenvalue weighted by Gasteiger charge is 2.29. The summed E-state index contributed by atoms with van der Waals surface area (Å²) in [6, 6.07) is 7.90. The van der Waals surface area contributed by atoms with Crippen LogP contribution >= 0.6 is 0 Å².